The molecule has 27 heavy (non-hydrogen) atoms. The minimum atomic E-state index is 0.0667. The number of carbonyl (C=O) groups is 1. The monoisotopic (exact) mass is 368 g/mol. The minimum absolute atomic E-state index is 0.0667. The molecule has 4 rings (SSSR count). The number of piperazine rings is 1. The molecular weight excluding hydrogens is 340 g/mol. The fraction of sp³-hybridized carbons (Fsp3) is 0.524. The van der Waals surface area contributed by atoms with E-state index in [0.717, 1.165) is 62.6 Å². The summed E-state index contributed by atoms with van der Waals surface area (Å²) in [6, 6.07) is 10.4. The van der Waals surface area contributed by atoms with Crippen molar-refractivity contribution >= 4 is 5.91 Å². The van der Waals surface area contributed by atoms with Crippen LogP contribution in [0.2, 0.25) is 0 Å². The van der Waals surface area contributed by atoms with Crippen LogP contribution < -0.4 is 5.32 Å². The number of nitrogens with one attached hydrogen (secondary N) is 1. The van der Waals surface area contributed by atoms with Crippen molar-refractivity contribution in [1.29, 1.82) is 0 Å². The number of hydrogen-bond acceptors (Lipinski definition) is 5. The summed E-state index contributed by atoms with van der Waals surface area (Å²) in [6.07, 6.45) is 2.52. The van der Waals surface area contributed by atoms with E-state index in [4.69, 9.17) is 4.52 Å². The van der Waals surface area contributed by atoms with Crippen molar-refractivity contribution in [3.05, 3.63) is 41.7 Å². The van der Waals surface area contributed by atoms with Crippen molar-refractivity contribution in [2.24, 2.45) is 0 Å². The quantitative estimate of drug-likeness (QED) is 0.902. The Morgan fingerprint density at radius 2 is 2.04 bits per heavy atom. The normalized spacial score (nSPS) is 24.7. The molecule has 2 aliphatic rings. The molecule has 1 amide bonds. The third kappa shape index (κ3) is 3.92. The molecule has 2 aromatic rings. The molecule has 1 atom stereocenters. The van der Waals surface area contributed by atoms with Gasteiger partial charge in [0, 0.05) is 49.8 Å². The molecule has 1 spiro atoms. The number of likely N-dealkylation sites (N-methyl/N-ethyl adjacent to an activating group) is 1. The van der Waals surface area contributed by atoms with Crippen molar-refractivity contribution in [2.75, 3.05) is 33.2 Å². The Hall–Kier alpha value is -2.18. The van der Waals surface area contributed by atoms with Crippen LogP contribution in [0.25, 0.3) is 11.3 Å². The van der Waals surface area contributed by atoms with Crippen LogP contribution in [-0.2, 0) is 11.3 Å². The van der Waals surface area contributed by atoms with Gasteiger partial charge in [0.05, 0.1) is 6.54 Å². The number of benzene rings is 1. The maximum atomic E-state index is 11.8. The summed E-state index contributed by atoms with van der Waals surface area (Å²) in [6.45, 7) is 6.57. The highest BCUT2D eigenvalue weighted by Gasteiger charge is 2.40. The smallest absolute Gasteiger partial charge is 0.220 e. The largest absolute Gasteiger partial charge is 0.359 e. The molecule has 0 unspecified atom stereocenters. The summed E-state index contributed by atoms with van der Waals surface area (Å²) >= 11 is 0. The first-order chi connectivity index (χ1) is 13.0. The molecule has 3 heterocycles. The lowest BCUT2D eigenvalue weighted by atomic mass is 9.86. The van der Waals surface area contributed by atoms with Crippen LogP contribution in [0, 0.1) is 6.92 Å². The lowest BCUT2D eigenvalue weighted by Crippen LogP contribution is -2.60. The summed E-state index contributed by atoms with van der Waals surface area (Å²) in [4.78, 5) is 16.7. The first-order valence-electron chi connectivity index (χ1n) is 9.77. The fourth-order valence-electron chi connectivity index (χ4n) is 4.28. The zero-order valence-electron chi connectivity index (χ0n) is 16.2. The molecule has 2 fully saturated rings. The Balaban J connectivity index is 1.45. The number of nitrogens with zero attached hydrogens (tertiary/aromatic N) is 3. The highest BCUT2D eigenvalue weighted by atomic mass is 16.5. The molecule has 0 saturated carbocycles. The van der Waals surface area contributed by atoms with E-state index in [0.29, 0.717) is 6.42 Å². The number of aryl methyl sites for hydroxylation is 1. The highest BCUT2D eigenvalue weighted by Crippen LogP contribution is 2.31. The van der Waals surface area contributed by atoms with Gasteiger partial charge in [0.1, 0.15) is 5.69 Å². The molecule has 2 aliphatic heterocycles. The van der Waals surface area contributed by atoms with Gasteiger partial charge in [-0.1, -0.05) is 35.0 Å². The van der Waals surface area contributed by atoms with E-state index in [9.17, 15) is 4.79 Å². The number of amides is 1. The second kappa shape index (κ2) is 7.44. The SMILES string of the molecule is Cc1ccc(-c2cc(CN3CCN(C)[C@]4(CCNC(=O)CC4)C3)on2)cc1. The van der Waals surface area contributed by atoms with Crippen LogP contribution >= 0.6 is 0 Å². The second-order valence-corrected chi connectivity index (χ2v) is 8.00. The van der Waals surface area contributed by atoms with Crippen molar-refractivity contribution in [1.82, 2.24) is 20.3 Å². The summed E-state index contributed by atoms with van der Waals surface area (Å²) in [5.41, 5.74) is 3.27. The van der Waals surface area contributed by atoms with Gasteiger partial charge in [0.25, 0.3) is 0 Å². The van der Waals surface area contributed by atoms with Crippen LogP contribution in [0.5, 0.6) is 0 Å². The second-order valence-electron chi connectivity index (χ2n) is 8.00. The Morgan fingerprint density at radius 3 is 2.85 bits per heavy atom. The van der Waals surface area contributed by atoms with Gasteiger partial charge in [0.15, 0.2) is 5.76 Å². The van der Waals surface area contributed by atoms with Crippen molar-refractivity contribution in [3.63, 3.8) is 0 Å². The van der Waals surface area contributed by atoms with E-state index in [1.807, 2.05) is 6.07 Å². The predicted octanol–water partition coefficient (Wildman–Crippen LogP) is 2.44. The van der Waals surface area contributed by atoms with Gasteiger partial charge in [-0.3, -0.25) is 14.6 Å². The zero-order chi connectivity index (χ0) is 18.9. The van der Waals surface area contributed by atoms with Crippen LogP contribution in [0.4, 0.5) is 0 Å². The Morgan fingerprint density at radius 1 is 1.22 bits per heavy atom. The number of carbonyl (C=O) groups excluding carboxylic acids is 1. The molecule has 6 heteroatoms. The molecule has 2 saturated heterocycles. The van der Waals surface area contributed by atoms with E-state index < -0.39 is 0 Å². The minimum Gasteiger partial charge on any atom is -0.359 e. The van der Waals surface area contributed by atoms with E-state index in [2.05, 4.69) is 58.5 Å². The van der Waals surface area contributed by atoms with Gasteiger partial charge in [-0.25, -0.2) is 0 Å². The maximum Gasteiger partial charge on any atom is 0.220 e. The molecule has 1 aromatic heterocycles. The third-order valence-electron chi connectivity index (χ3n) is 6.09. The Labute approximate surface area is 160 Å². The summed E-state index contributed by atoms with van der Waals surface area (Å²) < 4.78 is 5.62. The van der Waals surface area contributed by atoms with Gasteiger partial charge in [0.2, 0.25) is 5.91 Å². The maximum absolute atomic E-state index is 11.8. The molecule has 0 radical (unpaired) electrons. The third-order valence-corrected chi connectivity index (χ3v) is 6.09. The number of rotatable bonds is 3. The molecule has 6 nitrogen and oxygen atoms in total. The van der Waals surface area contributed by atoms with Gasteiger partial charge < -0.3 is 9.84 Å². The van der Waals surface area contributed by atoms with Crippen LogP contribution in [-0.4, -0.2) is 59.6 Å². The van der Waals surface area contributed by atoms with E-state index >= 15 is 0 Å². The van der Waals surface area contributed by atoms with E-state index in [1.165, 1.54) is 5.56 Å². The van der Waals surface area contributed by atoms with Crippen molar-refractivity contribution in [3.8, 4) is 11.3 Å². The zero-order valence-corrected chi connectivity index (χ0v) is 16.2. The standard InChI is InChI=1S/C21H28N4O2/c1-16-3-5-17(6-4-16)19-13-18(27-23-19)14-25-12-11-24(2)21(15-25)8-7-20(26)22-10-9-21/h3-6,13H,7-12,14-15H2,1-2H3,(H,22,26)/t21-/m1/s1. The van der Waals surface area contributed by atoms with Gasteiger partial charge in [-0.15, -0.1) is 0 Å². The Kier molecular flexibility index (Phi) is 5.02. The lowest BCUT2D eigenvalue weighted by molar-refractivity contribution is -0.121. The van der Waals surface area contributed by atoms with E-state index in [1.54, 1.807) is 0 Å². The topological polar surface area (TPSA) is 61.6 Å². The van der Waals surface area contributed by atoms with E-state index in [-0.39, 0.29) is 11.4 Å². The molecular formula is C21H28N4O2. The average Bonchev–Trinajstić information content (AvgIpc) is 3.04. The fourth-order valence-corrected chi connectivity index (χ4v) is 4.28. The Bertz CT molecular complexity index is 801. The number of aromatic nitrogens is 1. The van der Waals surface area contributed by atoms with Crippen LogP contribution in [0.15, 0.2) is 34.9 Å². The molecule has 0 aliphatic carbocycles. The van der Waals surface area contributed by atoms with Gasteiger partial charge >= 0.3 is 0 Å². The van der Waals surface area contributed by atoms with Crippen molar-refractivity contribution < 1.29 is 9.32 Å². The highest BCUT2D eigenvalue weighted by molar-refractivity contribution is 5.76. The summed E-state index contributed by atoms with van der Waals surface area (Å²) in [5, 5.41) is 7.27. The summed E-state index contributed by atoms with van der Waals surface area (Å²) in [7, 11) is 2.19. The van der Waals surface area contributed by atoms with Gasteiger partial charge in [-0.05, 0) is 26.8 Å². The predicted molar refractivity (Wildman–Crippen MR) is 104 cm³/mol. The van der Waals surface area contributed by atoms with Crippen molar-refractivity contribution in [2.45, 2.75) is 38.3 Å². The first-order valence-corrected chi connectivity index (χ1v) is 9.77. The van der Waals surface area contributed by atoms with Crippen LogP contribution in [0.3, 0.4) is 0 Å². The molecule has 1 aromatic carbocycles. The molecule has 144 valence electrons. The van der Waals surface area contributed by atoms with Crippen LogP contribution in [0.1, 0.15) is 30.6 Å². The molecule has 0 bridgehead atoms. The molecule has 1 N–H and O–H groups in total. The van der Waals surface area contributed by atoms with Gasteiger partial charge in [-0.2, -0.15) is 0 Å². The lowest BCUT2D eigenvalue weighted by Gasteiger charge is -2.49. The first kappa shape index (κ1) is 18.2. The number of hydrogen-bond donors (Lipinski definition) is 1. The summed E-state index contributed by atoms with van der Waals surface area (Å²) in [5.74, 6) is 1.07. The average molecular weight is 368 g/mol.